The number of anilines is 4. The molecule has 0 saturated carbocycles. The fourth-order valence-corrected chi connectivity index (χ4v) is 4.12. The quantitative estimate of drug-likeness (QED) is 0.199. The van der Waals surface area contributed by atoms with E-state index in [0.29, 0.717) is 43.3 Å². The van der Waals surface area contributed by atoms with Gasteiger partial charge in [-0.05, 0) is 64.3 Å². The molecule has 0 spiro atoms. The summed E-state index contributed by atoms with van der Waals surface area (Å²) in [6, 6.07) is 5.53. The Labute approximate surface area is 255 Å². The molecule has 0 unspecified atom stereocenters. The Balaban J connectivity index is 1.54. The summed E-state index contributed by atoms with van der Waals surface area (Å²) >= 11 is 0. The first-order valence-corrected chi connectivity index (χ1v) is 14.8. The molecule has 0 saturated heterocycles. The van der Waals surface area contributed by atoms with E-state index in [2.05, 4.69) is 67.3 Å². The lowest BCUT2D eigenvalue weighted by atomic mass is 10.1. The van der Waals surface area contributed by atoms with Crippen LogP contribution in [-0.4, -0.2) is 78.9 Å². The molecular weight excluding hydrogens is 548 g/mol. The molecule has 0 aliphatic carbocycles. The van der Waals surface area contributed by atoms with Gasteiger partial charge in [0.2, 0.25) is 11.9 Å². The van der Waals surface area contributed by atoms with E-state index in [1.54, 1.807) is 48.0 Å². The maximum Gasteiger partial charge on any atom is 0.410 e. The SMILES string of the molecule is CCCNc1nc(Nc2ccc3c(c2)CNN3CCOC)ncc1C#CCCCNC(=O)[C@H](C)N(C)C(=O)OC(C)(C)C. The van der Waals surface area contributed by atoms with Gasteiger partial charge in [0.25, 0.3) is 0 Å². The molecule has 12 heteroatoms. The fourth-order valence-electron chi connectivity index (χ4n) is 4.12. The van der Waals surface area contributed by atoms with E-state index in [4.69, 9.17) is 9.47 Å². The highest BCUT2D eigenvalue weighted by Crippen LogP contribution is 2.29. The average Bonchev–Trinajstić information content (AvgIpc) is 3.37. The second-order valence-electron chi connectivity index (χ2n) is 11.3. The smallest absolute Gasteiger partial charge is 0.410 e. The zero-order chi connectivity index (χ0) is 31.4. The molecule has 0 bridgehead atoms. The van der Waals surface area contributed by atoms with Crippen LogP contribution in [0.1, 0.15) is 65.0 Å². The van der Waals surface area contributed by atoms with Crippen LogP contribution in [0.3, 0.4) is 0 Å². The number of fused-ring (bicyclic) bond motifs is 1. The van der Waals surface area contributed by atoms with Gasteiger partial charge < -0.3 is 30.4 Å². The minimum atomic E-state index is -0.651. The van der Waals surface area contributed by atoms with Gasteiger partial charge >= 0.3 is 6.09 Å². The zero-order valence-electron chi connectivity index (χ0n) is 26.5. The molecule has 1 aromatic carbocycles. The van der Waals surface area contributed by atoms with Crippen LogP contribution in [0.2, 0.25) is 0 Å². The van der Waals surface area contributed by atoms with Crippen molar-refractivity contribution >= 4 is 35.1 Å². The summed E-state index contributed by atoms with van der Waals surface area (Å²) in [5.41, 5.74) is 6.70. The number of rotatable bonds is 13. The number of carbonyl (C=O) groups excluding carboxylic acids is 2. The van der Waals surface area contributed by atoms with Gasteiger partial charge in [-0.3, -0.25) is 9.69 Å². The average molecular weight is 595 g/mol. The van der Waals surface area contributed by atoms with Gasteiger partial charge in [0, 0.05) is 45.9 Å². The molecule has 234 valence electrons. The number of amides is 2. The summed E-state index contributed by atoms with van der Waals surface area (Å²) in [7, 11) is 3.25. The van der Waals surface area contributed by atoms with Gasteiger partial charge in [-0.1, -0.05) is 18.8 Å². The predicted octanol–water partition coefficient (Wildman–Crippen LogP) is 4.02. The molecule has 2 heterocycles. The summed E-state index contributed by atoms with van der Waals surface area (Å²) < 4.78 is 10.5. The van der Waals surface area contributed by atoms with Crippen molar-refractivity contribution in [2.75, 3.05) is 56.0 Å². The van der Waals surface area contributed by atoms with Gasteiger partial charge in [-0.25, -0.2) is 15.2 Å². The highest BCUT2D eigenvalue weighted by molar-refractivity contribution is 5.85. The summed E-state index contributed by atoms with van der Waals surface area (Å²) in [6.07, 6.45) is 3.37. The first-order valence-electron chi connectivity index (χ1n) is 14.8. The first kappa shape index (κ1) is 33.4. The largest absolute Gasteiger partial charge is 0.444 e. The number of carbonyl (C=O) groups is 2. The van der Waals surface area contributed by atoms with Crippen LogP contribution in [0.15, 0.2) is 24.4 Å². The lowest BCUT2D eigenvalue weighted by Gasteiger charge is -2.28. The number of ether oxygens (including phenoxy) is 2. The van der Waals surface area contributed by atoms with E-state index in [9.17, 15) is 9.59 Å². The molecule has 3 rings (SSSR count). The number of nitrogens with one attached hydrogen (secondary N) is 4. The number of methoxy groups -OCH3 is 1. The number of unbranched alkanes of at least 4 members (excludes halogenated alkanes) is 1. The summed E-state index contributed by atoms with van der Waals surface area (Å²) in [4.78, 5) is 35.2. The Hall–Kier alpha value is -4.08. The standard InChI is InChI=1S/C31H46N8O4/c1-8-15-32-27-23(12-10-9-11-16-33-28(40)22(2)38(6)30(41)43-31(3,4)5)20-34-29(37-27)36-25-13-14-26-24(19-25)21-35-39(26)17-18-42-7/h13-14,19-20,22,35H,8-9,11,15-18,21H2,1-7H3,(H,33,40)(H2,32,34,36,37)/t22-/m0/s1. The normalized spacial score (nSPS) is 13.0. The molecule has 43 heavy (non-hydrogen) atoms. The Morgan fingerprint density at radius 3 is 2.77 bits per heavy atom. The second-order valence-corrected chi connectivity index (χ2v) is 11.3. The van der Waals surface area contributed by atoms with Crippen molar-refractivity contribution < 1.29 is 19.1 Å². The number of hydrogen-bond acceptors (Lipinski definition) is 10. The molecule has 1 atom stereocenters. The molecule has 1 aliphatic heterocycles. The van der Waals surface area contributed by atoms with Gasteiger partial charge in [0.05, 0.1) is 30.6 Å². The van der Waals surface area contributed by atoms with Crippen molar-refractivity contribution in [3.63, 3.8) is 0 Å². The van der Waals surface area contributed by atoms with Crippen LogP contribution in [0.5, 0.6) is 0 Å². The van der Waals surface area contributed by atoms with Gasteiger partial charge in [-0.15, -0.1) is 0 Å². The molecular formula is C31H46N8O4. The number of likely N-dealkylation sites (N-methyl/N-ethyl adjacent to an activating group) is 1. The fraction of sp³-hybridized carbons (Fsp3) is 0.548. The van der Waals surface area contributed by atoms with E-state index >= 15 is 0 Å². The molecule has 1 aliphatic rings. The van der Waals surface area contributed by atoms with Crippen LogP contribution < -0.4 is 26.4 Å². The monoisotopic (exact) mass is 594 g/mol. The minimum absolute atomic E-state index is 0.244. The Bertz CT molecular complexity index is 1300. The summed E-state index contributed by atoms with van der Waals surface area (Å²) in [5, 5.41) is 11.6. The lowest BCUT2D eigenvalue weighted by molar-refractivity contribution is -0.125. The molecule has 12 nitrogen and oxygen atoms in total. The number of hydrazine groups is 1. The van der Waals surface area contributed by atoms with Crippen LogP contribution >= 0.6 is 0 Å². The van der Waals surface area contributed by atoms with Gasteiger partial charge in [-0.2, -0.15) is 4.98 Å². The van der Waals surface area contributed by atoms with Crippen LogP contribution in [0.25, 0.3) is 0 Å². The highest BCUT2D eigenvalue weighted by Gasteiger charge is 2.26. The van der Waals surface area contributed by atoms with Gasteiger partial charge in [0.1, 0.15) is 17.5 Å². The topological polar surface area (TPSA) is 133 Å². The van der Waals surface area contributed by atoms with Gasteiger partial charge in [0.15, 0.2) is 0 Å². The van der Waals surface area contributed by atoms with Crippen molar-refractivity contribution in [2.24, 2.45) is 0 Å². The predicted molar refractivity (Wildman–Crippen MR) is 169 cm³/mol. The Morgan fingerprint density at radius 1 is 1.26 bits per heavy atom. The Morgan fingerprint density at radius 2 is 2.05 bits per heavy atom. The van der Waals surface area contributed by atoms with Crippen molar-refractivity contribution in [1.29, 1.82) is 0 Å². The van der Waals surface area contributed by atoms with E-state index in [0.717, 1.165) is 37.4 Å². The third-order valence-electron chi connectivity index (χ3n) is 6.58. The molecule has 0 fully saturated rings. The third-order valence-corrected chi connectivity index (χ3v) is 6.58. The molecule has 0 radical (unpaired) electrons. The number of benzene rings is 1. The van der Waals surface area contributed by atoms with Crippen molar-refractivity contribution in [3.05, 3.63) is 35.5 Å². The molecule has 4 N–H and O–H groups in total. The van der Waals surface area contributed by atoms with Crippen molar-refractivity contribution in [2.45, 2.75) is 72.1 Å². The summed E-state index contributed by atoms with van der Waals surface area (Å²) in [6.45, 7) is 12.5. The maximum absolute atomic E-state index is 12.5. The van der Waals surface area contributed by atoms with E-state index < -0.39 is 17.7 Å². The first-order chi connectivity index (χ1) is 20.5. The molecule has 1 aromatic heterocycles. The van der Waals surface area contributed by atoms with E-state index in [-0.39, 0.29) is 5.91 Å². The second kappa shape index (κ2) is 16.0. The third kappa shape index (κ3) is 10.3. The van der Waals surface area contributed by atoms with Crippen LogP contribution in [-0.2, 0) is 20.8 Å². The number of nitrogens with zero attached hydrogens (tertiary/aromatic N) is 4. The zero-order valence-corrected chi connectivity index (χ0v) is 26.5. The molecule has 2 amide bonds. The van der Waals surface area contributed by atoms with Crippen molar-refractivity contribution in [1.82, 2.24) is 25.6 Å². The molecule has 2 aromatic rings. The summed E-state index contributed by atoms with van der Waals surface area (Å²) in [5.74, 6) is 7.24. The number of hydrogen-bond donors (Lipinski definition) is 4. The van der Waals surface area contributed by atoms with Crippen LogP contribution in [0.4, 0.5) is 27.9 Å². The Kier molecular flexibility index (Phi) is 12.4. The highest BCUT2D eigenvalue weighted by atomic mass is 16.6. The minimum Gasteiger partial charge on any atom is -0.444 e. The van der Waals surface area contributed by atoms with E-state index in [1.165, 1.54) is 10.5 Å². The van der Waals surface area contributed by atoms with Crippen molar-refractivity contribution in [3.8, 4) is 11.8 Å². The number of aromatic nitrogens is 2. The maximum atomic E-state index is 12.5. The van der Waals surface area contributed by atoms with Crippen LogP contribution in [0, 0.1) is 11.8 Å². The lowest BCUT2D eigenvalue weighted by Crippen LogP contribution is -2.47. The van der Waals surface area contributed by atoms with E-state index in [1.807, 2.05) is 6.07 Å².